The fraction of sp³-hybridized carbons (Fsp3) is 1.00. The van der Waals surface area contributed by atoms with Crippen LogP contribution in [-0.4, -0.2) is 6.54 Å². The molecule has 1 atom stereocenters. The summed E-state index contributed by atoms with van der Waals surface area (Å²) < 4.78 is 0. The quantitative estimate of drug-likeness (QED) is 0.162. The van der Waals surface area contributed by atoms with Gasteiger partial charge >= 0.3 is 0 Å². The van der Waals surface area contributed by atoms with Crippen molar-refractivity contribution in [2.45, 2.75) is 129 Å². The Kier molecular flexibility index (Phi) is 20.3. The van der Waals surface area contributed by atoms with Crippen molar-refractivity contribution in [3.05, 3.63) is 4.91 Å². The van der Waals surface area contributed by atoms with Crippen molar-refractivity contribution < 1.29 is 0 Å². The van der Waals surface area contributed by atoms with Gasteiger partial charge in [-0.1, -0.05) is 122 Å². The number of hydrogen-bond acceptors (Lipinski definition) is 2. The van der Waals surface area contributed by atoms with Gasteiger partial charge in [0, 0.05) is 0 Å². The highest BCUT2D eigenvalue weighted by Gasteiger charge is 2.08. The van der Waals surface area contributed by atoms with E-state index in [2.05, 4.69) is 19.0 Å². The normalized spacial score (nSPS) is 12.4. The second kappa shape index (κ2) is 20.6. The summed E-state index contributed by atoms with van der Waals surface area (Å²) in [6.45, 7) is 5.09. The van der Waals surface area contributed by atoms with E-state index in [0.717, 1.165) is 0 Å². The second-order valence-corrected chi connectivity index (χ2v) is 7.70. The Hall–Kier alpha value is -0.400. The Morgan fingerprint density at radius 1 is 0.542 bits per heavy atom. The maximum absolute atomic E-state index is 10.6. The summed E-state index contributed by atoms with van der Waals surface area (Å²) in [5.74, 6) is 0.558. The number of unbranched alkanes of at least 4 members (excludes halogenated alkanes) is 14. The van der Waals surface area contributed by atoms with Crippen LogP contribution in [0.25, 0.3) is 0 Å². The van der Waals surface area contributed by atoms with E-state index in [1.54, 1.807) is 0 Å². The van der Waals surface area contributed by atoms with Gasteiger partial charge in [-0.15, -0.1) is 0 Å². The van der Waals surface area contributed by atoms with Crippen molar-refractivity contribution in [1.82, 2.24) is 0 Å². The average molecular weight is 340 g/mol. The van der Waals surface area contributed by atoms with E-state index in [0.29, 0.717) is 12.5 Å². The standard InChI is InChI=1S/C22H45NO/c1-3-5-7-9-11-12-14-16-18-20-22(21-23-24)19-17-15-13-10-8-6-4-2/h22H,3-21H2,1-2H3. The maximum atomic E-state index is 10.6. The highest BCUT2D eigenvalue weighted by atomic mass is 16.3. The van der Waals surface area contributed by atoms with E-state index in [-0.39, 0.29) is 0 Å². The molecule has 0 spiro atoms. The van der Waals surface area contributed by atoms with Gasteiger partial charge in [0.2, 0.25) is 0 Å². The van der Waals surface area contributed by atoms with Crippen LogP contribution in [0.15, 0.2) is 5.18 Å². The first kappa shape index (κ1) is 23.6. The Balaban J connectivity index is 3.44. The smallest absolute Gasteiger partial charge is 0.0839 e. The zero-order valence-electron chi connectivity index (χ0n) is 16.9. The molecule has 2 heteroatoms. The SMILES string of the molecule is CCCCCCCCCCCC(CCCCCCCCC)CN=O. The lowest BCUT2D eigenvalue weighted by molar-refractivity contribution is 0.409. The van der Waals surface area contributed by atoms with Crippen LogP contribution in [-0.2, 0) is 0 Å². The molecule has 0 N–H and O–H groups in total. The minimum atomic E-state index is 0.548. The average Bonchev–Trinajstić information content (AvgIpc) is 2.59. The molecule has 0 radical (unpaired) electrons. The molecule has 0 amide bonds. The van der Waals surface area contributed by atoms with Gasteiger partial charge in [0.1, 0.15) is 0 Å². The van der Waals surface area contributed by atoms with Gasteiger partial charge in [0.05, 0.1) is 6.54 Å². The fourth-order valence-electron chi connectivity index (χ4n) is 3.57. The van der Waals surface area contributed by atoms with Gasteiger partial charge < -0.3 is 0 Å². The van der Waals surface area contributed by atoms with Crippen LogP contribution in [0, 0.1) is 10.8 Å². The van der Waals surface area contributed by atoms with E-state index in [1.165, 1.54) is 116 Å². The molecule has 0 saturated heterocycles. The van der Waals surface area contributed by atoms with Crippen LogP contribution in [0.3, 0.4) is 0 Å². The first-order chi connectivity index (χ1) is 11.8. The van der Waals surface area contributed by atoms with Gasteiger partial charge in [-0.25, -0.2) is 0 Å². The molecule has 0 aromatic heterocycles. The molecule has 1 unspecified atom stereocenters. The van der Waals surface area contributed by atoms with Crippen LogP contribution in [0.2, 0.25) is 0 Å². The summed E-state index contributed by atoms with van der Waals surface area (Å²) in [6.07, 6.45) is 24.4. The highest BCUT2D eigenvalue weighted by Crippen LogP contribution is 2.20. The minimum Gasteiger partial charge on any atom is -0.151 e. The molecule has 0 aliphatic heterocycles. The van der Waals surface area contributed by atoms with Gasteiger partial charge in [0.15, 0.2) is 0 Å². The molecule has 0 aliphatic rings. The molecule has 0 rings (SSSR count). The maximum Gasteiger partial charge on any atom is 0.0839 e. The Morgan fingerprint density at radius 2 is 0.875 bits per heavy atom. The van der Waals surface area contributed by atoms with Crippen molar-refractivity contribution in [3.8, 4) is 0 Å². The molecule has 144 valence electrons. The third-order valence-electron chi connectivity index (χ3n) is 5.26. The number of nitrogens with zero attached hydrogens (tertiary/aromatic N) is 1. The molecule has 0 saturated carbocycles. The molecule has 0 heterocycles. The largest absolute Gasteiger partial charge is 0.151 e. The van der Waals surface area contributed by atoms with E-state index < -0.39 is 0 Å². The van der Waals surface area contributed by atoms with E-state index in [9.17, 15) is 4.91 Å². The van der Waals surface area contributed by atoms with Crippen LogP contribution in [0.1, 0.15) is 129 Å². The zero-order valence-corrected chi connectivity index (χ0v) is 16.9. The molecule has 0 aliphatic carbocycles. The second-order valence-electron chi connectivity index (χ2n) is 7.70. The minimum absolute atomic E-state index is 0.548. The van der Waals surface area contributed by atoms with E-state index in [4.69, 9.17) is 0 Å². The Bertz CT molecular complexity index is 242. The van der Waals surface area contributed by atoms with Crippen LogP contribution < -0.4 is 0 Å². The number of rotatable bonds is 20. The lowest BCUT2D eigenvalue weighted by atomic mass is 9.94. The molecule has 0 aromatic rings. The molecular weight excluding hydrogens is 294 g/mol. The Labute approximate surface area is 152 Å². The highest BCUT2D eigenvalue weighted by molar-refractivity contribution is 4.63. The number of hydrogen-bond donors (Lipinski definition) is 0. The van der Waals surface area contributed by atoms with E-state index in [1.807, 2.05) is 0 Å². The summed E-state index contributed by atoms with van der Waals surface area (Å²) >= 11 is 0. The van der Waals surface area contributed by atoms with Gasteiger partial charge in [-0.2, -0.15) is 4.91 Å². The van der Waals surface area contributed by atoms with Crippen molar-refractivity contribution in [2.75, 3.05) is 6.54 Å². The van der Waals surface area contributed by atoms with Crippen LogP contribution in [0.5, 0.6) is 0 Å². The summed E-state index contributed by atoms with van der Waals surface area (Å²) in [5.41, 5.74) is 0. The van der Waals surface area contributed by atoms with Gasteiger partial charge in [0.25, 0.3) is 0 Å². The van der Waals surface area contributed by atoms with Crippen LogP contribution in [0.4, 0.5) is 0 Å². The summed E-state index contributed by atoms with van der Waals surface area (Å²) in [4.78, 5) is 10.6. The molecule has 0 aromatic carbocycles. The Morgan fingerprint density at radius 3 is 1.21 bits per heavy atom. The zero-order chi connectivity index (χ0) is 17.7. The fourth-order valence-corrected chi connectivity index (χ4v) is 3.57. The predicted octanol–water partition coefficient (Wildman–Crippen LogP) is 8.43. The third kappa shape index (κ3) is 17.9. The van der Waals surface area contributed by atoms with Crippen molar-refractivity contribution >= 4 is 0 Å². The molecular formula is C22H45NO. The topological polar surface area (TPSA) is 29.4 Å². The summed E-state index contributed by atoms with van der Waals surface area (Å²) in [7, 11) is 0. The lowest BCUT2D eigenvalue weighted by Crippen LogP contribution is -2.04. The number of nitroso groups, excluding NO2 is 1. The van der Waals surface area contributed by atoms with Crippen molar-refractivity contribution in [1.29, 1.82) is 0 Å². The molecule has 0 bridgehead atoms. The van der Waals surface area contributed by atoms with Crippen molar-refractivity contribution in [2.24, 2.45) is 11.1 Å². The van der Waals surface area contributed by atoms with Crippen molar-refractivity contribution in [3.63, 3.8) is 0 Å². The first-order valence-corrected chi connectivity index (χ1v) is 11.1. The van der Waals surface area contributed by atoms with Gasteiger partial charge in [-0.3, -0.25) is 0 Å². The molecule has 24 heavy (non-hydrogen) atoms. The molecule has 2 nitrogen and oxygen atoms in total. The predicted molar refractivity (Wildman–Crippen MR) is 109 cm³/mol. The van der Waals surface area contributed by atoms with Gasteiger partial charge in [-0.05, 0) is 18.8 Å². The molecule has 0 fully saturated rings. The summed E-state index contributed by atoms with van der Waals surface area (Å²) in [5, 5.41) is 3.18. The monoisotopic (exact) mass is 339 g/mol. The van der Waals surface area contributed by atoms with Crippen LogP contribution >= 0.6 is 0 Å². The lowest BCUT2D eigenvalue weighted by Gasteiger charge is -2.13. The first-order valence-electron chi connectivity index (χ1n) is 11.1. The summed E-state index contributed by atoms with van der Waals surface area (Å²) in [6, 6.07) is 0. The third-order valence-corrected chi connectivity index (χ3v) is 5.26. The van der Waals surface area contributed by atoms with E-state index >= 15 is 0 Å².